The van der Waals surface area contributed by atoms with Crippen LogP contribution in [0, 0.1) is 0 Å². The van der Waals surface area contributed by atoms with Gasteiger partial charge in [-0.05, 0) is 26.2 Å². The van der Waals surface area contributed by atoms with Crippen LogP contribution in [0.5, 0.6) is 5.75 Å². The number of aromatic amines is 1. The molecule has 0 radical (unpaired) electrons. The zero-order chi connectivity index (χ0) is 19.4. The monoisotopic (exact) mass is 366 g/mol. The van der Waals surface area contributed by atoms with Crippen LogP contribution in [0.1, 0.15) is 22.1 Å². The van der Waals surface area contributed by atoms with Crippen molar-refractivity contribution in [3.63, 3.8) is 0 Å². The maximum absolute atomic E-state index is 12.7. The number of H-pyrrole nitrogens is 1. The van der Waals surface area contributed by atoms with E-state index in [2.05, 4.69) is 15.5 Å². The van der Waals surface area contributed by atoms with Crippen LogP contribution in [0.3, 0.4) is 0 Å². The lowest BCUT2D eigenvalue weighted by molar-refractivity contribution is 0.0937. The van der Waals surface area contributed by atoms with Crippen LogP contribution in [-0.4, -0.2) is 48.8 Å². The lowest BCUT2D eigenvalue weighted by Gasteiger charge is -2.26. The molecule has 0 unspecified atom stereocenters. The van der Waals surface area contributed by atoms with Gasteiger partial charge < -0.3 is 15.0 Å². The van der Waals surface area contributed by atoms with E-state index in [0.29, 0.717) is 17.3 Å². The number of rotatable bonds is 6. The molecule has 0 aliphatic carbocycles. The average molecular weight is 366 g/mol. The van der Waals surface area contributed by atoms with E-state index in [-0.39, 0.29) is 23.2 Å². The number of likely N-dealkylation sites (N-methyl/N-ethyl adjacent to an activating group) is 1. The molecule has 1 heterocycles. The van der Waals surface area contributed by atoms with Crippen molar-refractivity contribution in [2.45, 2.75) is 6.04 Å². The highest BCUT2D eigenvalue weighted by atomic mass is 16.5. The Labute approximate surface area is 157 Å². The number of para-hydroxylation sites is 1. The van der Waals surface area contributed by atoms with Crippen molar-refractivity contribution in [1.82, 2.24) is 20.4 Å². The van der Waals surface area contributed by atoms with Crippen LogP contribution in [0.4, 0.5) is 0 Å². The van der Waals surface area contributed by atoms with Gasteiger partial charge in [0.2, 0.25) is 0 Å². The third kappa shape index (κ3) is 3.83. The Balaban J connectivity index is 1.86. The highest BCUT2D eigenvalue weighted by Gasteiger charge is 2.21. The van der Waals surface area contributed by atoms with Crippen molar-refractivity contribution in [2.75, 3.05) is 27.7 Å². The number of benzene rings is 2. The Kier molecular flexibility index (Phi) is 5.52. The highest BCUT2D eigenvalue weighted by molar-refractivity contribution is 6.04. The summed E-state index contributed by atoms with van der Waals surface area (Å²) in [6.07, 6.45) is 0. The summed E-state index contributed by atoms with van der Waals surface area (Å²) in [7, 11) is 5.51. The summed E-state index contributed by atoms with van der Waals surface area (Å²) in [4.78, 5) is 26.6. The molecule has 1 atom stereocenters. The molecule has 1 aromatic heterocycles. The molecule has 7 nitrogen and oxygen atoms in total. The highest BCUT2D eigenvalue weighted by Crippen LogP contribution is 2.27. The first kappa shape index (κ1) is 18.6. The summed E-state index contributed by atoms with van der Waals surface area (Å²) < 4.78 is 5.45. The lowest BCUT2D eigenvalue weighted by atomic mass is 10.0. The molecular weight excluding hydrogens is 344 g/mol. The van der Waals surface area contributed by atoms with Gasteiger partial charge in [-0.25, -0.2) is 5.10 Å². The van der Waals surface area contributed by atoms with Crippen LogP contribution in [0.15, 0.2) is 53.3 Å². The molecule has 2 aromatic carbocycles. The predicted molar refractivity (Wildman–Crippen MR) is 104 cm³/mol. The maximum Gasteiger partial charge on any atom is 0.272 e. The minimum atomic E-state index is -0.343. The third-order valence-corrected chi connectivity index (χ3v) is 4.49. The van der Waals surface area contributed by atoms with E-state index < -0.39 is 0 Å². The molecule has 3 aromatic rings. The Morgan fingerprint density at radius 3 is 2.52 bits per heavy atom. The van der Waals surface area contributed by atoms with Crippen LogP contribution in [-0.2, 0) is 0 Å². The van der Waals surface area contributed by atoms with Gasteiger partial charge in [0, 0.05) is 17.5 Å². The van der Waals surface area contributed by atoms with E-state index in [9.17, 15) is 9.59 Å². The summed E-state index contributed by atoms with van der Waals surface area (Å²) in [5.74, 6) is 0.419. The fraction of sp³-hybridized carbons (Fsp3) is 0.250. The standard InChI is InChI=1S/C20H22N4O3/c1-24(2)16(15-10-6-7-11-17(15)27-3)12-21-20(26)18-13-8-4-5-9-14(13)19(25)23-22-18/h4-11,16H,12H2,1-3H3,(H,21,26)(H,23,25)/t16-/m0/s1. The van der Waals surface area contributed by atoms with Crippen LogP contribution in [0.2, 0.25) is 0 Å². The van der Waals surface area contributed by atoms with Crippen molar-refractivity contribution < 1.29 is 9.53 Å². The molecule has 2 N–H and O–H groups in total. The van der Waals surface area contributed by atoms with Gasteiger partial charge in [-0.1, -0.05) is 36.4 Å². The molecule has 7 heteroatoms. The first-order valence-electron chi connectivity index (χ1n) is 8.58. The van der Waals surface area contributed by atoms with Gasteiger partial charge in [0.25, 0.3) is 11.5 Å². The van der Waals surface area contributed by atoms with Crippen LogP contribution in [0.25, 0.3) is 10.8 Å². The normalized spacial score (nSPS) is 12.1. The van der Waals surface area contributed by atoms with E-state index in [0.717, 1.165) is 11.3 Å². The number of fused-ring (bicyclic) bond motifs is 1. The smallest absolute Gasteiger partial charge is 0.272 e. The number of ether oxygens (including phenoxy) is 1. The van der Waals surface area contributed by atoms with Crippen molar-refractivity contribution in [3.8, 4) is 5.75 Å². The molecule has 0 bridgehead atoms. The van der Waals surface area contributed by atoms with Gasteiger partial charge in [0.05, 0.1) is 18.5 Å². The second kappa shape index (κ2) is 8.01. The van der Waals surface area contributed by atoms with E-state index in [1.54, 1.807) is 31.4 Å². The van der Waals surface area contributed by atoms with Crippen molar-refractivity contribution >= 4 is 16.7 Å². The van der Waals surface area contributed by atoms with Gasteiger partial charge >= 0.3 is 0 Å². The molecule has 27 heavy (non-hydrogen) atoms. The SMILES string of the molecule is COc1ccccc1[C@H](CNC(=O)c1n[nH]c(=O)c2ccccc12)N(C)C. The number of amides is 1. The lowest BCUT2D eigenvalue weighted by Crippen LogP contribution is -2.35. The van der Waals surface area contributed by atoms with Gasteiger partial charge in [-0.2, -0.15) is 5.10 Å². The summed E-state index contributed by atoms with van der Waals surface area (Å²) in [6, 6.07) is 14.5. The number of nitrogens with one attached hydrogen (secondary N) is 2. The predicted octanol–water partition coefficient (Wildman–Crippen LogP) is 1.96. The summed E-state index contributed by atoms with van der Waals surface area (Å²) in [6.45, 7) is 0.362. The zero-order valence-corrected chi connectivity index (χ0v) is 15.5. The largest absolute Gasteiger partial charge is 0.496 e. The number of aromatic nitrogens is 2. The molecule has 140 valence electrons. The van der Waals surface area contributed by atoms with Gasteiger partial charge in [0.15, 0.2) is 5.69 Å². The van der Waals surface area contributed by atoms with Crippen LogP contribution < -0.4 is 15.6 Å². The molecule has 0 fully saturated rings. The minimum absolute atomic E-state index is 0.0841. The average Bonchev–Trinajstić information content (AvgIpc) is 2.68. The number of carbonyl (C=O) groups is 1. The number of carbonyl (C=O) groups excluding carboxylic acids is 1. The first-order valence-corrected chi connectivity index (χ1v) is 8.58. The third-order valence-electron chi connectivity index (χ3n) is 4.49. The fourth-order valence-electron chi connectivity index (χ4n) is 3.07. The van der Waals surface area contributed by atoms with Crippen molar-refractivity contribution in [1.29, 1.82) is 0 Å². The minimum Gasteiger partial charge on any atom is -0.496 e. The second-order valence-corrected chi connectivity index (χ2v) is 6.38. The topological polar surface area (TPSA) is 87.3 Å². The number of hydrogen-bond donors (Lipinski definition) is 2. The van der Waals surface area contributed by atoms with Gasteiger partial charge in [-0.15, -0.1) is 0 Å². The Bertz CT molecular complexity index is 1010. The van der Waals surface area contributed by atoms with E-state index >= 15 is 0 Å². The number of nitrogens with zero attached hydrogens (tertiary/aromatic N) is 2. The second-order valence-electron chi connectivity index (χ2n) is 6.38. The molecule has 1 amide bonds. The molecule has 0 saturated heterocycles. The Morgan fingerprint density at radius 2 is 1.81 bits per heavy atom. The number of methoxy groups -OCH3 is 1. The maximum atomic E-state index is 12.7. The molecule has 0 spiro atoms. The molecular formula is C20H22N4O3. The van der Waals surface area contributed by atoms with E-state index in [1.807, 2.05) is 43.3 Å². The molecule has 3 rings (SSSR count). The molecule has 0 saturated carbocycles. The van der Waals surface area contributed by atoms with Crippen LogP contribution >= 0.6 is 0 Å². The zero-order valence-electron chi connectivity index (χ0n) is 15.5. The number of hydrogen-bond acceptors (Lipinski definition) is 5. The summed E-state index contributed by atoms with van der Waals surface area (Å²) in [5, 5.41) is 10.2. The first-order chi connectivity index (χ1) is 13.0. The van der Waals surface area contributed by atoms with Gasteiger partial charge in [0.1, 0.15) is 5.75 Å². The quantitative estimate of drug-likeness (QED) is 0.696. The Hall–Kier alpha value is -3.19. The Morgan fingerprint density at radius 1 is 1.15 bits per heavy atom. The van der Waals surface area contributed by atoms with Crippen molar-refractivity contribution in [3.05, 3.63) is 70.1 Å². The molecule has 0 aliphatic heterocycles. The van der Waals surface area contributed by atoms with Crippen molar-refractivity contribution in [2.24, 2.45) is 0 Å². The van der Waals surface area contributed by atoms with E-state index in [1.165, 1.54) is 0 Å². The van der Waals surface area contributed by atoms with E-state index in [4.69, 9.17) is 4.74 Å². The summed E-state index contributed by atoms with van der Waals surface area (Å²) >= 11 is 0. The fourth-order valence-corrected chi connectivity index (χ4v) is 3.07. The molecule has 0 aliphatic rings. The summed E-state index contributed by atoms with van der Waals surface area (Å²) in [5.41, 5.74) is 0.856. The van der Waals surface area contributed by atoms with Gasteiger partial charge in [-0.3, -0.25) is 9.59 Å².